The second-order valence-corrected chi connectivity index (χ2v) is 4.32. The van der Waals surface area contributed by atoms with Crippen LogP contribution in [0.15, 0.2) is 36.4 Å². The summed E-state index contributed by atoms with van der Waals surface area (Å²) in [6, 6.07) is 10.4. The van der Waals surface area contributed by atoms with Crippen molar-refractivity contribution in [3.63, 3.8) is 0 Å². The highest BCUT2D eigenvalue weighted by Crippen LogP contribution is 2.40. The fraction of sp³-hybridized carbons (Fsp3) is 0.0769. The number of phenolic OH excluding ortho intramolecular Hbond substituents is 1. The zero-order valence-corrected chi connectivity index (χ0v) is 10.6. The van der Waals surface area contributed by atoms with Gasteiger partial charge in [0.05, 0.1) is 12.1 Å². The molecule has 0 radical (unpaired) electrons. The molecule has 17 heavy (non-hydrogen) atoms. The lowest BCUT2D eigenvalue weighted by Gasteiger charge is -2.10. The number of hydrogen-bond acceptors (Lipinski definition) is 2. The molecule has 0 aliphatic heterocycles. The predicted molar refractivity (Wildman–Crippen MR) is 70.1 cm³/mol. The summed E-state index contributed by atoms with van der Waals surface area (Å²) in [7, 11) is 1.50. The maximum Gasteiger partial charge on any atom is 0.165 e. The molecule has 0 bridgehead atoms. The molecule has 0 heterocycles. The van der Waals surface area contributed by atoms with E-state index in [0.29, 0.717) is 26.9 Å². The Labute approximate surface area is 109 Å². The summed E-state index contributed by atoms with van der Waals surface area (Å²) in [5.41, 5.74) is 1.33. The van der Waals surface area contributed by atoms with Crippen molar-refractivity contribution >= 4 is 23.2 Å². The van der Waals surface area contributed by atoms with Gasteiger partial charge in [0.2, 0.25) is 0 Å². The van der Waals surface area contributed by atoms with E-state index in [1.165, 1.54) is 7.11 Å². The van der Waals surface area contributed by atoms with E-state index in [0.717, 1.165) is 0 Å². The van der Waals surface area contributed by atoms with E-state index in [1.54, 1.807) is 36.4 Å². The lowest BCUT2D eigenvalue weighted by atomic mass is 10.0. The van der Waals surface area contributed by atoms with Gasteiger partial charge in [0.25, 0.3) is 0 Å². The molecule has 2 nitrogen and oxygen atoms in total. The van der Waals surface area contributed by atoms with E-state index in [-0.39, 0.29) is 5.75 Å². The molecule has 0 aliphatic rings. The largest absolute Gasteiger partial charge is 0.504 e. The fourth-order valence-electron chi connectivity index (χ4n) is 1.61. The van der Waals surface area contributed by atoms with Gasteiger partial charge in [-0.1, -0.05) is 41.4 Å². The van der Waals surface area contributed by atoms with Gasteiger partial charge in [-0.2, -0.15) is 0 Å². The second-order valence-electron chi connectivity index (χ2n) is 3.48. The zero-order chi connectivity index (χ0) is 12.4. The van der Waals surface area contributed by atoms with Gasteiger partial charge in [-0.05, 0) is 18.2 Å². The molecule has 0 unspecified atom stereocenters. The third-order valence-electron chi connectivity index (χ3n) is 2.44. The first-order chi connectivity index (χ1) is 8.13. The van der Waals surface area contributed by atoms with Crippen LogP contribution in [0.3, 0.4) is 0 Å². The van der Waals surface area contributed by atoms with Gasteiger partial charge in [0, 0.05) is 16.1 Å². The quantitative estimate of drug-likeness (QED) is 0.876. The summed E-state index contributed by atoms with van der Waals surface area (Å²) in [6.45, 7) is 0. The first-order valence-corrected chi connectivity index (χ1v) is 5.70. The van der Waals surface area contributed by atoms with Gasteiger partial charge in [-0.15, -0.1) is 0 Å². The average molecular weight is 269 g/mol. The van der Waals surface area contributed by atoms with Crippen LogP contribution in [-0.2, 0) is 0 Å². The van der Waals surface area contributed by atoms with Crippen LogP contribution in [0.4, 0.5) is 0 Å². The lowest BCUT2D eigenvalue weighted by molar-refractivity contribution is 0.374. The van der Waals surface area contributed by atoms with Crippen molar-refractivity contribution < 1.29 is 9.84 Å². The summed E-state index contributed by atoms with van der Waals surface area (Å²) < 4.78 is 5.05. The summed E-state index contributed by atoms with van der Waals surface area (Å²) >= 11 is 11.9. The van der Waals surface area contributed by atoms with Crippen LogP contribution in [0, 0.1) is 0 Å². The minimum absolute atomic E-state index is 0.0687. The normalized spacial score (nSPS) is 10.3. The first kappa shape index (κ1) is 12.1. The van der Waals surface area contributed by atoms with Crippen LogP contribution < -0.4 is 4.74 Å². The third-order valence-corrected chi connectivity index (χ3v) is 2.99. The number of aromatic hydroxyl groups is 1. The highest BCUT2D eigenvalue weighted by atomic mass is 35.5. The molecule has 4 heteroatoms. The Balaban J connectivity index is 2.60. The Bertz CT molecular complexity index is 553. The van der Waals surface area contributed by atoms with Crippen molar-refractivity contribution in [3.05, 3.63) is 46.4 Å². The number of ether oxygens (including phenoxy) is 1. The highest BCUT2D eigenvalue weighted by Gasteiger charge is 2.12. The van der Waals surface area contributed by atoms with Gasteiger partial charge in [-0.25, -0.2) is 0 Å². The summed E-state index contributed by atoms with van der Waals surface area (Å²) in [5, 5.41) is 11.1. The molecule has 0 aromatic heterocycles. The molecule has 0 fully saturated rings. The molecule has 0 saturated heterocycles. The van der Waals surface area contributed by atoms with Gasteiger partial charge < -0.3 is 9.84 Å². The number of phenols is 1. The van der Waals surface area contributed by atoms with Gasteiger partial charge in [0.15, 0.2) is 11.5 Å². The molecule has 2 rings (SSSR count). The maximum atomic E-state index is 10.0. The number of halogens is 2. The third kappa shape index (κ3) is 2.33. The van der Waals surface area contributed by atoms with Crippen LogP contribution in [0.25, 0.3) is 11.1 Å². The SMILES string of the molecule is COc1cccc(-c2ccc(Cl)cc2Cl)c1O. The number of benzene rings is 2. The standard InChI is InChI=1S/C13H10Cl2O2/c1-17-12-4-2-3-10(13(12)16)9-6-5-8(14)7-11(9)15/h2-7,16H,1H3. The highest BCUT2D eigenvalue weighted by molar-refractivity contribution is 6.36. The van der Waals surface area contributed by atoms with Crippen molar-refractivity contribution in [2.45, 2.75) is 0 Å². The minimum Gasteiger partial charge on any atom is -0.504 e. The number of methoxy groups -OCH3 is 1. The molecule has 0 atom stereocenters. The van der Waals surface area contributed by atoms with E-state index in [1.807, 2.05) is 0 Å². The minimum atomic E-state index is 0.0687. The predicted octanol–water partition coefficient (Wildman–Crippen LogP) is 4.37. The van der Waals surface area contributed by atoms with Gasteiger partial charge >= 0.3 is 0 Å². The van der Waals surface area contributed by atoms with Crippen LogP contribution >= 0.6 is 23.2 Å². The van der Waals surface area contributed by atoms with Crippen LogP contribution in [-0.4, -0.2) is 12.2 Å². The summed E-state index contributed by atoms with van der Waals surface area (Å²) in [6.07, 6.45) is 0. The topological polar surface area (TPSA) is 29.5 Å². The zero-order valence-electron chi connectivity index (χ0n) is 9.08. The molecule has 88 valence electrons. The first-order valence-electron chi connectivity index (χ1n) is 4.95. The Hall–Kier alpha value is -1.38. The smallest absolute Gasteiger partial charge is 0.165 e. The fourth-order valence-corrected chi connectivity index (χ4v) is 2.12. The van der Waals surface area contributed by atoms with E-state index in [4.69, 9.17) is 27.9 Å². The van der Waals surface area contributed by atoms with Crippen LogP contribution in [0.2, 0.25) is 10.0 Å². The number of rotatable bonds is 2. The van der Waals surface area contributed by atoms with Crippen LogP contribution in [0.1, 0.15) is 0 Å². The van der Waals surface area contributed by atoms with Crippen molar-refractivity contribution in [1.82, 2.24) is 0 Å². The van der Waals surface area contributed by atoms with Crippen LogP contribution in [0.5, 0.6) is 11.5 Å². The molecular formula is C13H10Cl2O2. The van der Waals surface area contributed by atoms with E-state index < -0.39 is 0 Å². The summed E-state index contributed by atoms with van der Waals surface area (Å²) in [5.74, 6) is 0.479. The average Bonchev–Trinajstić information content (AvgIpc) is 2.30. The van der Waals surface area contributed by atoms with Crippen molar-refractivity contribution in [3.8, 4) is 22.6 Å². The molecule has 0 spiro atoms. The monoisotopic (exact) mass is 268 g/mol. The van der Waals surface area contributed by atoms with Gasteiger partial charge in [-0.3, -0.25) is 0 Å². The number of para-hydroxylation sites is 1. The molecule has 0 amide bonds. The molecule has 1 N–H and O–H groups in total. The molecule has 0 aliphatic carbocycles. The maximum absolute atomic E-state index is 10.0. The lowest BCUT2D eigenvalue weighted by Crippen LogP contribution is -1.86. The summed E-state index contributed by atoms with van der Waals surface area (Å²) in [4.78, 5) is 0. The molecule has 0 saturated carbocycles. The molecular weight excluding hydrogens is 259 g/mol. The Morgan fingerprint density at radius 1 is 1.06 bits per heavy atom. The van der Waals surface area contributed by atoms with E-state index in [9.17, 15) is 5.11 Å². The van der Waals surface area contributed by atoms with Crippen molar-refractivity contribution in [2.24, 2.45) is 0 Å². The van der Waals surface area contributed by atoms with Crippen molar-refractivity contribution in [2.75, 3.05) is 7.11 Å². The second kappa shape index (κ2) is 4.86. The van der Waals surface area contributed by atoms with Gasteiger partial charge in [0.1, 0.15) is 0 Å². The number of hydrogen-bond donors (Lipinski definition) is 1. The Kier molecular flexibility index (Phi) is 3.46. The van der Waals surface area contributed by atoms with E-state index in [2.05, 4.69) is 0 Å². The molecule has 2 aromatic carbocycles. The molecule has 2 aromatic rings. The Morgan fingerprint density at radius 2 is 1.82 bits per heavy atom. The van der Waals surface area contributed by atoms with E-state index >= 15 is 0 Å². The Morgan fingerprint density at radius 3 is 2.47 bits per heavy atom. The van der Waals surface area contributed by atoms with Crippen molar-refractivity contribution in [1.29, 1.82) is 0 Å².